The molecule has 1 aromatic carbocycles. The van der Waals surface area contributed by atoms with Crippen molar-refractivity contribution in [1.29, 1.82) is 0 Å². The second-order valence-electron chi connectivity index (χ2n) is 4.84. The maximum Gasteiger partial charge on any atom is 0.124 e. The minimum absolute atomic E-state index is 0.298. The lowest BCUT2D eigenvalue weighted by Crippen LogP contribution is -2.12. The molecule has 1 rings (SSSR count). The van der Waals surface area contributed by atoms with Gasteiger partial charge < -0.3 is 14.8 Å². The van der Waals surface area contributed by atoms with E-state index >= 15 is 0 Å². The number of rotatable bonds is 9. The molecule has 0 amide bonds. The molecule has 1 atom stereocenters. The van der Waals surface area contributed by atoms with Crippen LogP contribution in [0.2, 0.25) is 0 Å². The maximum atomic E-state index is 5.87. The van der Waals surface area contributed by atoms with Crippen LogP contribution in [0, 0.1) is 0 Å². The Morgan fingerprint density at radius 1 is 1.26 bits per heavy atom. The van der Waals surface area contributed by atoms with Gasteiger partial charge in [0.2, 0.25) is 0 Å². The quantitative estimate of drug-likeness (QED) is 0.741. The average molecular weight is 265 g/mol. The molecule has 0 saturated heterocycles. The van der Waals surface area contributed by atoms with Crippen LogP contribution in [-0.4, -0.2) is 19.8 Å². The second-order valence-corrected chi connectivity index (χ2v) is 4.84. The molecule has 0 spiro atoms. The lowest BCUT2D eigenvalue weighted by molar-refractivity contribution is 0.0460. The number of nitrogens with one attached hydrogen (secondary N) is 1. The highest BCUT2D eigenvalue weighted by atomic mass is 16.5. The van der Waals surface area contributed by atoms with E-state index in [-0.39, 0.29) is 0 Å². The van der Waals surface area contributed by atoms with Gasteiger partial charge in [-0.25, -0.2) is 0 Å². The normalized spacial score (nSPS) is 12.4. The van der Waals surface area contributed by atoms with Crippen LogP contribution in [0.3, 0.4) is 0 Å². The van der Waals surface area contributed by atoms with E-state index in [0.29, 0.717) is 12.7 Å². The monoisotopic (exact) mass is 265 g/mol. The summed E-state index contributed by atoms with van der Waals surface area (Å²) in [6.07, 6.45) is 2.55. The molecule has 108 valence electrons. The standard InChI is InChI=1S/C16H27NO2/c1-5-7-13(3)19-12-15-10-14(11-17-6-2)8-9-16(15)18-4/h8-10,13,17H,5-7,11-12H2,1-4H3. The van der Waals surface area contributed by atoms with Gasteiger partial charge in [-0.05, 0) is 37.6 Å². The molecule has 1 N–H and O–H groups in total. The molecule has 0 bridgehead atoms. The van der Waals surface area contributed by atoms with Crippen molar-refractivity contribution in [3.8, 4) is 5.75 Å². The van der Waals surface area contributed by atoms with E-state index in [1.807, 2.05) is 6.07 Å². The maximum absolute atomic E-state index is 5.87. The first-order valence-corrected chi connectivity index (χ1v) is 7.19. The van der Waals surface area contributed by atoms with Crippen LogP contribution in [-0.2, 0) is 17.9 Å². The molecule has 0 saturated carbocycles. The number of benzene rings is 1. The van der Waals surface area contributed by atoms with Crippen molar-refractivity contribution in [2.45, 2.75) is 52.9 Å². The van der Waals surface area contributed by atoms with Gasteiger partial charge in [0.25, 0.3) is 0 Å². The lowest BCUT2D eigenvalue weighted by Gasteiger charge is -2.15. The highest BCUT2D eigenvalue weighted by Crippen LogP contribution is 2.21. The highest BCUT2D eigenvalue weighted by Gasteiger charge is 2.07. The van der Waals surface area contributed by atoms with E-state index in [9.17, 15) is 0 Å². The van der Waals surface area contributed by atoms with Crippen LogP contribution in [0.4, 0.5) is 0 Å². The fourth-order valence-corrected chi connectivity index (χ4v) is 2.05. The van der Waals surface area contributed by atoms with Crippen molar-refractivity contribution >= 4 is 0 Å². The van der Waals surface area contributed by atoms with Crippen LogP contribution in [0.5, 0.6) is 5.75 Å². The lowest BCUT2D eigenvalue weighted by atomic mass is 10.1. The zero-order valence-electron chi connectivity index (χ0n) is 12.7. The van der Waals surface area contributed by atoms with E-state index in [4.69, 9.17) is 9.47 Å². The van der Waals surface area contributed by atoms with Gasteiger partial charge >= 0.3 is 0 Å². The zero-order valence-corrected chi connectivity index (χ0v) is 12.7. The number of ether oxygens (including phenoxy) is 2. The summed E-state index contributed by atoms with van der Waals surface area (Å²) in [6.45, 7) is 8.89. The molecule has 3 heteroatoms. The number of hydrogen-bond acceptors (Lipinski definition) is 3. The molecule has 0 fully saturated rings. The van der Waals surface area contributed by atoms with Crippen molar-refractivity contribution in [2.75, 3.05) is 13.7 Å². The van der Waals surface area contributed by atoms with Crippen molar-refractivity contribution in [3.63, 3.8) is 0 Å². The molecule has 0 aliphatic rings. The van der Waals surface area contributed by atoms with Crippen molar-refractivity contribution in [2.24, 2.45) is 0 Å². The Balaban J connectivity index is 2.66. The summed E-state index contributed by atoms with van der Waals surface area (Å²) in [4.78, 5) is 0. The van der Waals surface area contributed by atoms with Crippen LogP contribution in [0.15, 0.2) is 18.2 Å². The molecule has 1 unspecified atom stereocenters. The van der Waals surface area contributed by atoms with E-state index in [1.54, 1.807) is 7.11 Å². The summed E-state index contributed by atoms with van der Waals surface area (Å²) in [5.41, 5.74) is 2.39. The Hall–Kier alpha value is -1.06. The fraction of sp³-hybridized carbons (Fsp3) is 0.625. The summed E-state index contributed by atoms with van der Waals surface area (Å²) in [5.74, 6) is 0.906. The first kappa shape index (κ1) is 16.0. The van der Waals surface area contributed by atoms with Gasteiger partial charge in [0.05, 0.1) is 19.8 Å². The first-order chi connectivity index (χ1) is 9.21. The number of hydrogen-bond donors (Lipinski definition) is 1. The van der Waals surface area contributed by atoms with Gasteiger partial charge in [-0.1, -0.05) is 26.3 Å². The van der Waals surface area contributed by atoms with Crippen LogP contribution >= 0.6 is 0 Å². The Morgan fingerprint density at radius 3 is 2.68 bits per heavy atom. The first-order valence-electron chi connectivity index (χ1n) is 7.19. The predicted molar refractivity (Wildman–Crippen MR) is 79.5 cm³/mol. The summed E-state index contributed by atoms with van der Waals surface area (Å²) >= 11 is 0. The van der Waals surface area contributed by atoms with E-state index in [1.165, 1.54) is 5.56 Å². The van der Waals surface area contributed by atoms with Crippen molar-refractivity contribution in [1.82, 2.24) is 5.32 Å². The summed E-state index contributed by atoms with van der Waals surface area (Å²) < 4.78 is 11.3. The smallest absolute Gasteiger partial charge is 0.124 e. The third kappa shape index (κ3) is 5.62. The summed E-state index contributed by atoms with van der Waals surface area (Å²) in [7, 11) is 1.71. The SMILES string of the molecule is CCCC(C)OCc1cc(CNCC)ccc1OC. The molecule has 0 radical (unpaired) electrons. The van der Waals surface area contributed by atoms with Crippen LogP contribution in [0.1, 0.15) is 44.7 Å². The van der Waals surface area contributed by atoms with Crippen LogP contribution in [0.25, 0.3) is 0 Å². The van der Waals surface area contributed by atoms with Crippen molar-refractivity contribution < 1.29 is 9.47 Å². The molecule has 0 aliphatic carbocycles. The van der Waals surface area contributed by atoms with E-state index < -0.39 is 0 Å². The largest absolute Gasteiger partial charge is 0.496 e. The van der Waals surface area contributed by atoms with Gasteiger partial charge in [-0.3, -0.25) is 0 Å². The molecule has 0 aliphatic heterocycles. The Morgan fingerprint density at radius 2 is 2.05 bits per heavy atom. The third-order valence-electron chi connectivity index (χ3n) is 3.14. The molecule has 1 aromatic rings. The van der Waals surface area contributed by atoms with Gasteiger partial charge in [-0.2, -0.15) is 0 Å². The molecule has 19 heavy (non-hydrogen) atoms. The van der Waals surface area contributed by atoms with Gasteiger partial charge in [0.1, 0.15) is 5.75 Å². The summed E-state index contributed by atoms with van der Waals surface area (Å²) in [5, 5.41) is 3.33. The predicted octanol–water partition coefficient (Wildman–Crippen LogP) is 3.51. The van der Waals surface area contributed by atoms with E-state index in [2.05, 4.69) is 38.2 Å². The van der Waals surface area contributed by atoms with Gasteiger partial charge in [-0.15, -0.1) is 0 Å². The highest BCUT2D eigenvalue weighted by molar-refractivity contribution is 5.36. The number of methoxy groups -OCH3 is 1. The molecular formula is C16H27NO2. The van der Waals surface area contributed by atoms with Gasteiger partial charge in [0.15, 0.2) is 0 Å². The Bertz CT molecular complexity index is 366. The third-order valence-corrected chi connectivity index (χ3v) is 3.14. The second kappa shape index (κ2) is 8.94. The Kier molecular flexibility index (Phi) is 7.53. The summed E-state index contributed by atoms with van der Waals surface area (Å²) in [6, 6.07) is 6.29. The van der Waals surface area contributed by atoms with Crippen LogP contribution < -0.4 is 10.1 Å². The van der Waals surface area contributed by atoms with Crippen molar-refractivity contribution in [3.05, 3.63) is 29.3 Å². The van der Waals surface area contributed by atoms with Gasteiger partial charge in [0, 0.05) is 12.1 Å². The Labute approximate surface area is 117 Å². The minimum atomic E-state index is 0.298. The molecule has 3 nitrogen and oxygen atoms in total. The topological polar surface area (TPSA) is 30.5 Å². The van der Waals surface area contributed by atoms with E-state index in [0.717, 1.165) is 37.2 Å². The zero-order chi connectivity index (χ0) is 14.1. The average Bonchev–Trinajstić information content (AvgIpc) is 2.43. The molecule has 0 aromatic heterocycles. The molecular weight excluding hydrogens is 238 g/mol. The minimum Gasteiger partial charge on any atom is -0.496 e. The fourth-order valence-electron chi connectivity index (χ4n) is 2.05. The molecule has 0 heterocycles.